The van der Waals surface area contributed by atoms with Crippen molar-refractivity contribution in [3.8, 4) is 0 Å². The maximum absolute atomic E-state index is 13.6. The van der Waals surface area contributed by atoms with Gasteiger partial charge >= 0.3 is 0 Å². The highest BCUT2D eigenvalue weighted by atomic mass is 32.2. The lowest BCUT2D eigenvalue weighted by molar-refractivity contribution is -0.0222. The molecule has 4 fully saturated rings. The molecule has 1 atom stereocenters. The van der Waals surface area contributed by atoms with E-state index in [4.69, 9.17) is 4.78 Å². The zero-order valence-corrected chi connectivity index (χ0v) is 22.3. The van der Waals surface area contributed by atoms with Crippen LogP contribution in [0.25, 0.3) is 0 Å². The Morgan fingerprint density at radius 2 is 1.68 bits per heavy atom. The number of aryl methyl sites for hydroxylation is 1. The van der Waals surface area contributed by atoms with Crippen LogP contribution in [0.5, 0.6) is 0 Å². The van der Waals surface area contributed by atoms with Gasteiger partial charge in [0, 0.05) is 62.2 Å². The lowest BCUT2D eigenvalue weighted by Gasteiger charge is -2.35. The average molecular weight is 546 g/mol. The fraction of sp³-hybridized carbons (Fsp3) is 0.615. The van der Waals surface area contributed by atoms with Crippen LogP contribution in [0, 0.1) is 17.1 Å². The molecular weight excluding hydrogens is 512 g/mol. The minimum Gasteiger partial charge on any atom is -0.371 e. The number of aromatic nitrogens is 3. The summed E-state index contributed by atoms with van der Waals surface area (Å²) in [4.78, 5) is 30.6. The van der Waals surface area contributed by atoms with Crippen LogP contribution in [0.4, 0.5) is 26.2 Å². The van der Waals surface area contributed by atoms with E-state index in [1.165, 1.54) is 19.0 Å². The Bertz CT molecular complexity index is 1360. The Balaban J connectivity index is 1.27. The first-order valence-electron chi connectivity index (χ1n) is 13.4. The van der Waals surface area contributed by atoms with Crippen molar-refractivity contribution in [2.45, 2.75) is 74.5 Å². The number of anilines is 3. The Hall–Kier alpha value is -2.89. The fourth-order valence-corrected chi connectivity index (χ4v) is 7.11. The van der Waals surface area contributed by atoms with Crippen molar-refractivity contribution in [1.29, 1.82) is 4.78 Å². The quantitative estimate of drug-likeness (QED) is 0.544. The minimum absolute atomic E-state index is 0.142. The molecule has 12 heteroatoms. The average Bonchev–Trinajstić information content (AvgIpc) is 3.80. The predicted octanol–water partition coefficient (Wildman–Crippen LogP) is 4.62. The van der Waals surface area contributed by atoms with E-state index in [0.29, 0.717) is 28.3 Å². The van der Waals surface area contributed by atoms with Crippen LogP contribution in [-0.2, 0) is 9.73 Å². The van der Waals surface area contributed by atoms with Crippen LogP contribution in [-0.4, -0.2) is 62.4 Å². The van der Waals surface area contributed by atoms with Crippen LogP contribution in [0.1, 0.15) is 67.4 Å². The largest absolute Gasteiger partial charge is 0.371 e. The third kappa shape index (κ3) is 5.06. The Kier molecular flexibility index (Phi) is 6.08. The number of nitrogens with zero attached hydrogens (tertiary/aromatic N) is 5. The molecule has 2 aromatic heterocycles. The maximum atomic E-state index is 13.6. The van der Waals surface area contributed by atoms with E-state index in [1.807, 2.05) is 0 Å². The van der Waals surface area contributed by atoms with E-state index in [2.05, 4.69) is 25.2 Å². The lowest BCUT2D eigenvalue weighted by atomic mass is 9.93. The Morgan fingerprint density at radius 3 is 2.32 bits per heavy atom. The number of halogens is 2. The number of rotatable bonds is 6. The van der Waals surface area contributed by atoms with Gasteiger partial charge in [-0.2, -0.15) is 4.98 Å². The molecule has 2 aromatic rings. The van der Waals surface area contributed by atoms with Gasteiger partial charge in [0.2, 0.25) is 5.95 Å². The number of alkyl halides is 2. The van der Waals surface area contributed by atoms with Crippen LogP contribution >= 0.6 is 0 Å². The molecule has 0 aromatic carbocycles. The molecule has 2 N–H and O–H groups in total. The third-order valence-corrected chi connectivity index (χ3v) is 10.6. The van der Waals surface area contributed by atoms with Crippen molar-refractivity contribution in [2.24, 2.45) is 5.41 Å². The summed E-state index contributed by atoms with van der Waals surface area (Å²) in [6, 6.07) is 3.32. The van der Waals surface area contributed by atoms with E-state index >= 15 is 0 Å². The molecule has 1 spiro atoms. The van der Waals surface area contributed by atoms with Crippen LogP contribution < -0.4 is 15.1 Å². The summed E-state index contributed by atoms with van der Waals surface area (Å²) in [5.74, 6) is -2.50. The first kappa shape index (κ1) is 25.4. The molecular formula is C26H33F2N7O2S. The third-order valence-electron chi connectivity index (χ3n) is 8.39. The van der Waals surface area contributed by atoms with Gasteiger partial charge < -0.3 is 15.1 Å². The minimum atomic E-state index is -3.02. The first-order chi connectivity index (χ1) is 18.0. The smallest absolute Gasteiger partial charge is 0.260 e. The normalized spacial score (nSPS) is 23.7. The molecule has 2 saturated carbocycles. The summed E-state index contributed by atoms with van der Waals surface area (Å²) >= 11 is 0. The second-order valence-corrected chi connectivity index (χ2v) is 13.6. The fourth-order valence-electron chi connectivity index (χ4n) is 5.47. The van der Waals surface area contributed by atoms with Gasteiger partial charge in [-0.05, 0) is 56.9 Å². The van der Waals surface area contributed by atoms with E-state index in [0.717, 1.165) is 38.8 Å². The highest BCUT2D eigenvalue weighted by Gasteiger charge is 2.45. The van der Waals surface area contributed by atoms with Crippen molar-refractivity contribution >= 4 is 33.1 Å². The van der Waals surface area contributed by atoms with Gasteiger partial charge in [-0.15, -0.1) is 0 Å². The van der Waals surface area contributed by atoms with Gasteiger partial charge in [0.15, 0.2) is 0 Å². The molecule has 38 heavy (non-hydrogen) atoms. The van der Waals surface area contributed by atoms with Crippen LogP contribution in [0.2, 0.25) is 0 Å². The van der Waals surface area contributed by atoms with E-state index in [9.17, 15) is 17.8 Å². The van der Waals surface area contributed by atoms with Crippen molar-refractivity contribution in [3.05, 3.63) is 29.6 Å². The molecule has 9 nitrogen and oxygen atoms in total. The Labute approximate surface area is 221 Å². The summed E-state index contributed by atoms with van der Waals surface area (Å²) in [7, 11) is -3.02. The zero-order chi connectivity index (χ0) is 26.7. The van der Waals surface area contributed by atoms with Crippen molar-refractivity contribution < 1.29 is 17.8 Å². The number of piperidine rings is 2. The lowest BCUT2D eigenvalue weighted by Crippen LogP contribution is -2.40. The number of pyridine rings is 1. The molecule has 0 radical (unpaired) electrons. The number of carbonyl (C=O) groups is 1. The molecule has 2 aliphatic carbocycles. The van der Waals surface area contributed by atoms with Gasteiger partial charge in [0.05, 0.1) is 21.0 Å². The molecule has 0 bridgehead atoms. The molecule has 4 heterocycles. The topological polar surface area (TPSA) is 115 Å². The number of nitrogens with one attached hydrogen (secondary N) is 2. The van der Waals surface area contributed by atoms with Gasteiger partial charge in [-0.1, -0.05) is 0 Å². The molecule has 2 aliphatic heterocycles. The summed E-state index contributed by atoms with van der Waals surface area (Å²) in [6.07, 6.45) is 7.04. The molecule has 6 rings (SSSR count). The predicted molar refractivity (Wildman–Crippen MR) is 141 cm³/mol. The highest BCUT2D eigenvalue weighted by molar-refractivity contribution is 7.93. The van der Waals surface area contributed by atoms with Crippen LogP contribution in [0.15, 0.2) is 23.4 Å². The second-order valence-electron chi connectivity index (χ2n) is 11.3. The molecule has 204 valence electrons. The standard InChI is InChI=1S/C26H33F2N7O2S/c1-17-14-21(33-24(31-17)35-12-8-26(27,28)9-13-35)32-23(36)19-16-30-22(38(29,37)18-2-3-18)15-20(19)34-10-6-25(4-5-25)7-11-34/h14-16,18,29H,2-13H2,1H3,(H,31,32,33,36)/t38-/m0/s1. The molecule has 1 amide bonds. The Morgan fingerprint density at radius 1 is 1.03 bits per heavy atom. The number of hydrogen-bond acceptors (Lipinski definition) is 8. The molecule has 0 unspecified atom stereocenters. The maximum Gasteiger partial charge on any atom is 0.260 e. The van der Waals surface area contributed by atoms with Crippen molar-refractivity contribution in [1.82, 2.24) is 15.0 Å². The van der Waals surface area contributed by atoms with Crippen molar-refractivity contribution in [3.63, 3.8) is 0 Å². The monoisotopic (exact) mass is 545 g/mol. The van der Waals surface area contributed by atoms with Gasteiger partial charge in [-0.25, -0.2) is 27.7 Å². The van der Waals surface area contributed by atoms with E-state index in [-0.39, 0.29) is 42.0 Å². The molecule has 4 aliphatic rings. The van der Waals surface area contributed by atoms with E-state index in [1.54, 1.807) is 24.0 Å². The summed E-state index contributed by atoms with van der Waals surface area (Å²) in [5.41, 5.74) is 2.04. The van der Waals surface area contributed by atoms with Gasteiger partial charge in [-0.3, -0.25) is 4.79 Å². The zero-order valence-electron chi connectivity index (χ0n) is 21.5. The van der Waals surface area contributed by atoms with Gasteiger partial charge in [0.1, 0.15) is 10.8 Å². The number of hydrogen-bond donors (Lipinski definition) is 2. The summed E-state index contributed by atoms with van der Waals surface area (Å²) in [6.45, 7) is 3.64. The number of carbonyl (C=O) groups excluding carboxylic acids is 1. The van der Waals surface area contributed by atoms with Crippen molar-refractivity contribution in [2.75, 3.05) is 41.3 Å². The SMILES string of the molecule is Cc1cc(NC(=O)c2cnc([S@@](=N)(=O)C3CC3)cc2N2CCC3(CC2)CC3)nc(N2CCC(F)(F)CC2)n1. The van der Waals surface area contributed by atoms with Gasteiger partial charge in [0.25, 0.3) is 11.8 Å². The summed E-state index contributed by atoms with van der Waals surface area (Å²) < 4.78 is 48.9. The molecule has 2 saturated heterocycles. The number of amides is 1. The highest BCUT2D eigenvalue weighted by Crippen LogP contribution is 2.54. The van der Waals surface area contributed by atoms with E-state index < -0.39 is 21.6 Å². The first-order valence-corrected chi connectivity index (χ1v) is 15.0. The summed E-state index contributed by atoms with van der Waals surface area (Å²) in [5, 5.41) is 2.91. The van der Waals surface area contributed by atoms with Crippen LogP contribution in [0.3, 0.4) is 0 Å². The second kappa shape index (κ2) is 9.10.